The highest BCUT2D eigenvalue weighted by Gasteiger charge is 2.59. The van der Waals surface area contributed by atoms with E-state index >= 15 is 0 Å². The van der Waals surface area contributed by atoms with Crippen LogP contribution < -0.4 is 0 Å². The Labute approximate surface area is 153 Å². The lowest BCUT2D eigenvalue weighted by atomic mass is 9.45. The van der Waals surface area contributed by atoms with E-state index in [1.54, 1.807) is 12.2 Å². The molecule has 0 spiro atoms. The fourth-order valence-electron chi connectivity index (χ4n) is 5.31. The second-order valence-corrected chi connectivity index (χ2v) is 8.22. The molecule has 0 aromatic carbocycles. The molecule has 3 aliphatic carbocycles. The van der Waals surface area contributed by atoms with Crippen LogP contribution in [0.5, 0.6) is 0 Å². The predicted molar refractivity (Wildman–Crippen MR) is 96.0 cm³/mol. The van der Waals surface area contributed by atoms with Gasteiger partial charge >= 0.3 is 0 Å². The van der Waals surface area contributed by atoms with Gasteiger partial charge in [-0.05, 0) is 30.4 Å². The third-order valence-electron chi connectivity index (χ3n) is 6.48. The molecule has 130 valence electrons. The summed E-state index contributed by atoms with van der Waals surface area (Å²) in [6.45, 7) is 5.73. The second kappa shape index (κ2) is 5.55. The van der Waals surface area contributed by atoms with Crippen molar-refractivity contribution >= 4 is 11.6 Å². The van der Waals surface area contributed by atoms with E-state index in [0.29, 0.717) is 12.8 Å². The van der Waals surface area contributed by atoms with E-state index in [0.717, 1.165) is 12.0 Å². The lowest BCUT2D eigenvalue weighted by Crippen LogP contribution is -2.53. The number of fused-ring (bicyclic) bond motifs is 3. The highest BCUT2D eigenvalue weighted by molar-refractivity contribution is 6.09. The van der Waals surface area contributed by atoms with Crippen LogP contribution in [-0.4, -0.2) is 11.6 Å². The van der Waals surface area contributed by atoms with Crippen molar-refractivity contribution in [3.05, 3.63) is 34.9 Å². The first kappa shape index (κ1) is 17.9. The lowest BCUT2D eigenvalue weighted by Gasteiger charge is -2.57. The molecule has 0 aliphatic heterocycles. The Balaban J connectivity index is 2.30. The fraction of sp³-hybridized carbons (Fsp3) is 0.455. The van der Waals surface area contributed by atoms with Gasteiger partial charge in [0.25, 0.3) is 0 Å². The van der Waals surface area contributed by atoms with E-state index in [9.17, 15) is 20.1 Å². The van der Waals surface area contributed by atoms with Gasteiger partial charge in [0.2, 0.25) is 0 Å². The summed E-state index contributed by atoms with van der Waals surface area (Å²) < 4.78 is 0. The first-order valence-corrected chi connectivity index (χ1v) is 8.67. The Morgan fingerprint density at radius 1 is 1.15 bits per heavy atom. The van der Waals surface area contributed by atoms with Crippen LogP contribution in [-0.2, 0) is 9.59 Å². The average molecular weight is 344 g/mol. The molecule has 0 N–H and O–H groups in total. The molecule has 0 bridgehead atoms. The largest absolute Gasteiger partial charge is 0.293 e. The van der Waals surface area contributed by atoms with Crippen LogP contribution >= 0.6 is 0 Å². The summed E-state index contributed by atoms with van der Waals surface area (Å²) in [6.07, 6.45) is 12.4. The van der Waals surface area contributed by atoms with Crippen LogP contribution in [0.1, 0.15) is 40.0 Å². The van der Waals surface area contributed by atoms with Crippen molar-refractivity contribution in [1.82, 2.24) is 0 Å². The van der Waals surface area contributed by atoms with Crippen molar-refractivity contribution in [1.29, 1.82) is 10.5 Å². The van der Waals surface area contributed by atoms with Gasteiger partial charge in [-0.15, -0.1) is 12.3 Å². The Hall–Kier alpha value is -2.90. The van der Waals surface area contributed by atoms with Crippen molar-refractivity contribution in [2.75, 3.05) is 0 Å². The molecule has 3 aliphatic rings. The third-order valence-corrected chi connectivity index (χ3v) is 6.48. The van der Waals surface area contributed by atoms with Crippen molar-refractivity contribution in [3.8, 4) is 24.5 Å². The average Bonchev–Trinajstić information content (AvgIpc) is 2.59. The normalized spacial score (nSPS) is 34.8. The molecule has 0 aromatic heterocycles. The van der Waals surface area contributed by atoms with E-state index in [4.69, 9.17) is 6.42 Å². The number of hydrogen-bond acceptors (Lipinski definition) is 4. The summed E-state index contributed by atoms with van der Waals surface area (Å²) in [7, 11) is 0. The van der Waals surface area contributed by atoms with Crippen LogP contribution in [0.25, 0.3) is 0 Å². The molecule has 0 amide bonds. The van der Waals surface area contributed by atoms with Crippen LogP contribution in [0.4, 0.5) is 0 Å². The quantitative estimate of drug-likeness (QED) is 0.682. The number of rotatable bonds is 1. The van der Waals surface area contributed by atoms with E-state index in [-0.39, 0.29) is 28.6 Å². The van der Waals surface area contributed by atoms with E-state index in [2.05, 4.69) is 5.92 Å². The van der Waals surface area contributed by atoms with Crippen LogP contribution in [0.2, 0.25) is 0 Å². The smallest absolute Gasteiger partial charge is 0.196 e. The summed E-state index contributed by atoms with van der Waals surface area (Å²) in [6, 6.07) is 4.00. The minimum atomic E-state index is -0.708. The number of hydrogen-bond donors (Lipinski definition) is 0. The summed E-state index contributed by atoms with van der Waals surface area (Å²) in [5, 5.41) is 18.8. The summed E-state index contributed by atoms with van der Waals surface area (Å²) in [4.78, 5) is 25.2. The maximum Gasteiger partial charge on any atom is 0.196 e. The standard InChI is InChI=1S/C22H20N2O2/c1-5-7-22-8-6-17-20(2,3)19(26)15(13-24)10-21(17,4)18(22)9-16(25)14(11-22)12-23/h1,9-11,17H,6-8H2,2-4H3/t17-,21-,22-/m0/s1. The molecule has 4 nitrogen and oxygen atoms in total. The maximum atomic E-state index is 12.7. The van der Waals surface area contributed by atoms with Gasteiger partial charge in [-0.3, -0.25) is 9.59 Å². The Morgan fingerprint density at radius 2 is 1.81 bits per heavy atom. The number of nitrogens with zero attached hydrogens (tertiary/aromatic N) is 2. The maximum absolute atomic E-state index is 12.7. The molecule has 0 aromatic rings. The summed E-state index contributed by atoms with van der Waals surface area (Å²) in [5.74, 6) is 2.17. The molecule has 1 fully saturated rings. The number of nitriles is 2. The topological polar surface area (TPSA) is 81.7 Å². The number of carbonyl (C=O) groups excluding carboxylic acids is 2. The SMILES string of the molecule is C#CC[C@]12C=C(C#N)C(=O)C=C1[C@@]1(C)C=C(C#N)C(=O)C(C)(C)[C@@H]1CC2. The Bertz CT molecular complexity index is 942. The monoisotopic (exact) mass is 344 g/mol. The van der Waals surface area contributed by atoms with Gasteiger partial charge in [-0.2, -0.15) is 10.5 Å². The molecule has 0 unspecified atom stereocenters. The van der Waals surface area contributed by atoms with Gasteiger partial charge in [0.1, 0.15) is 12.1 Å². The molecule has 0 heterocycles. The van der Waals surface area contributed by atoms with Crippen molar-refractivity contribution in [3.63, 3.8) is 0 Å². The Kier molecular flexibility index (Phi) is 3.82. The van der Waals surface area contributed by atoms with Crippen molar-refractivity contribution < 1.29 is 9.59 Å². The van der Waals surface area contributed by atoms with E-state index < -0.39 is 16.2 Å². The highest BCUT2D eigenvalue weighted by Crippen LogP contribution is 2.64. The van der Waals surface area contributed by atoms with Gasteiger partial charge < -0.3 is 0 Å². The molecule has 0 saturated heterocycles. The zero-order valence-electron chi connectivity index (χ0n) is 15.2. The van der Waals surface area contributed by atoms with Crippen LogP contribution in [0, 0.1) is 57.2 Å². The van der Waals surface area contributed by atoms with Crippen molar-refractivity contribution in [2.45, 2.75) is 40.0 Å². The molecular weight excluding hydrogens is 324 g/mol. The van der Waals surface area contributed by atoms with E-state index in [1.165, 1.54) is 6.08 Å². The summed E-state index contributed by atoms with van der Waals surface area (Å²) >= 11 is 0. The zero-order chi connectivity index (χ0) is 19.3. The number of carbonyl (C=O) groups is 2. The number of allylic oxidation sites excluding steroid dienone is 6. The number of terminal acetylenes is 1. The molecule has 3 atom stereocenters. The number of Topliss-reactive ketones (excluding diaryl/α,β-unsaturated/α-hetero) is 1. The van der Waals surface area contributed by atoms with Crippen LogP contribution in [0.15, 0.2) is 34.9 Å². The van der Waals surface area contributed by atoms with E-state index in [1.807, 2.05) is 32.9 Å². The van der Waals surface area contributed by atoms with Gasteiger partial charge in [0.05, 0.1) is 11.1 Å². The number of ketones is 2. The molecule has 4 heteroatoms. The highest BCUT2D eigenvalue weighted by atomic mass is 16.1. The van der Waals surface area contributed by atoms with Crippen LogP contribution in [0.3, 0.4) is 0 Å². The third kappa shape index (κ3) is 2.14. The minimum absolute atomic E-state index is 0.0402. The molecule has 1 saturated carbocycles. The molecule has 26 heavy (non-hydrogen) atoms. The summed E-state index contributed by atoms with van der Waals surface area (Å²) in [5.41, 5.74) is -0.844. The first-order chi connectivity index (χ1) is 12.2. The van der Waals surface area contributed by atoms with Gasteiger partial charge in [0.15, 0.2) is 11.6 Å². The first-order valence-electron chi connectivity index (χ1n) is 8.67. The van der Waals surface area contributed by atoms with Gasteiger partial charge in [-0.25, -0.2) is 0 Å². The molecule has 3 rings (SSSR count). The molecular formula is C22H20N2O2. The fourth-order valence-corrected chi connectivity index (χ4v) is 5.31. The predicted octanol–water partition coefficient (Wildman–Crippen LogP) is 3.43. The minimum Gasteiger partial charge on any atom is -0.293 e. The Morgan fingerprint density at radius 3 is 2.38 bits per heavy atom. The van der Waals surface area contributed by atoms with Gasteiger partial charge in [0, 0.05) is 22.7 Å². The van der Waals surface area contributed by atoms with Crippen molar-refractivity contribution in [2.24, 2.45) is 22.2 Å². The van der Waals surface area contributed by atoms with Gasteiger partial charge in [-0.1, -0.05) is 32.9 Å². The lowest BCUT2D eigenvalue weighted by molar-refractivity contribution is -0.130. The second-order valence-electron chi connectivity index (χ2n) is 8.22. The molecule has 0 radical (unpaired) electrons. The zero-order valence-corrected chi connectivity index (χ0v) is 15.2.